The molecule has 1 unspecified atom stereocenters. The molecule has 0 bridgehead atoms. The molecule has 0 aromatic carbocycles. The van der Waals surface area contributed by atoms with Crippen LogP contribution in [0.25, 0.3) is 11.0 Å². The van der Waals surface area contributed by atoms with Crippen LogP contribution < -0.4 is 10.9 Å². The van der Waals surface area contributed by atoms with Crippen molar-refractivity contribution in [3.05, 3.63) is 22.4 Å². The molecule has 2 N–H and O–H groups in total. The molecule has 0 saturated carbocycles. The van der Waals surface area contributed by atoms with E-state index < -0.39 is 0 Å². The molecule has 2 aromatic rings. The summed E-state index contributed by atoms with van der Waals surface area (Å²) in [5.74, 6) is 1.21. The van der Waals surface area contributed by atoms with Gasteiger partial charge in [0.25, 0.3) is 5.56 Å². The number of H-pyrrole nitrogens is 1. The molecule has 0 spiro atoms. The van der Waals surface area contributed by atoms with Crippen molar-refractivity contribution in [3.8, 4) is 0 Å². The van der Waals surface area contributed by atoms with E-state index in [0.717, 1.165) is 43.8 Å². The molecule has 0 amide bonds. The number of piperidine rings is 1. The molecule has 3 heterocycles. The third-order valence-corrected chi connectivity index (χ3v) is 3.73. The van der Waals surface area contributed by atoms with E-state index in [1.165, 1.54) is 0 Å². The fourth-order valence-electron chi connectivity index (χ4n) is 2.77. The Morgan fingerprint density at radius 2 is 2.35 bits per heavy atom. The van der Waals surface area contributed by atoms with E-state index >= 15 is 0 Å². The molecule has 1 atom stereocenters. The largest absolute Gasteiger partial charge is 0.315 e. The number of rotatable bonds is 3. The van der Waals surface area contributed by atoms with Crippen LogP contribution in [-0.4, -0.2) is 32.8 Å². The van der Waals surface area contributed by atoms with Crippen molar-refractivity contribution in [1.82, 2.24) is 25.1 Å². The topological polar surface area (TPSA) is 75.6 Å². The maximum atomic E-state index is 12.1. The van der Waals surface area contributed by atoms with Crippen molar-refractivity contribution in [2.24, 2.45) is 5.92 Å². The Hall–Kier alpha value is -1.69. The molecule has 6 heteroatoms. The number of aromatic nitrogens is 4. The summed E-state index contributed by atoms with van der Waals surface area (Å²) in [5.41, 5.74) is 0.638. The van der Waals surface area contributed by atoms with Crippen molar-refractivity contribution in [1.29, 1.82) is 0 Å². The average molecular weight is 275 g/mol. The zero-order valence-corrected chi connectivity index (χ0v) is 12.0. The van der Waals surface area contributed by atoms with E-state index in [1.54, 1.807) is 6.20 Å². The normalized spacial score (nSPS) is 19.9. The second-order valence-corrected chi connectivity index (χ2v) is 5.94. The van der Waals surface area contributed by atoms with Gasteiger partial charge in [-0.2, -0.15) is 5.10 Å². The first-order chi connectivity index (χ1) is 9.65. The van der Waals surface area contributed by atoms with Crippen molar-refractivity contribution in [2.45, 2.75) is 39.2 Å². The molecule has 108 valence electrons. The van der Waals surface area contributed by atoms with Crippen LogP contribution in [0.5, 0.6) is 0 Å². The first kappa shape index (κ1) is 13.3. The highest BCUT2D eigenvalue weighted by Gasteiger charge is 2.20. The number of aromatic amines is 1. The van der Waals surface area contributed by atoms with Gasteiger partial charge >= 0.3 is 0 Å². The van der Waals surface area contributed by atoms with Gasteiger partial charge in [-0.15, -0.1) is 0 Å². The highest BCUT2D eigenvalue weighted by Crippen LogP contribution is 2.19. The number of hydrogen-bond acceptors (Lipinski definition) is 4. The Morgan fingerprint density at radius 3 is 3.05 bits per heavy atom. The van der Waals surface area contributed by atoms with E-state index in [2.05, 4.69) is 34.2 Å². The van der Waals surface area contributed by atoms with Crippen LogP contribution in [0.3, 0.4) is 0 Å². The molecule has 20 heavy (non-hydrogen) atoms. The highest BCUT2D eigenvalue weighted by atomic mass is 16.1. The van der Waals surface area contributed by atoms with Crippen LogP contribution in [-0.2, 0) is 6.42 Å². The maximum absolute atomic E-state index is 12.1. The van der Waals surface area contributed by atoms with Gasteiger partial charge < -0.3 is 10.3 Å². The predicted molar refractivity (Wildman–Crippen MR) is 77.8 cm³/mol. The lowest BCUT2D eigenvalue weighted by Gasteiger charge is -2.23. The lowest BCUT2D eigenvalue weighted by molar-refractivity contribution is 0.353. The summed E-state index contributed by atoms with van der Waals surface area (Å²) in [7, 11) is 0. The van der Waals surface area contributed by atoms with Crippen LogP contribution >= 0.6 is 0 Å². The minimum atomic E-state index is -0.0827. The molecule has 0 radical (unpaired) electrons. The fraction of sp³-hybridized carbons (Fsp3) is 0.643. The molecule has 3 rings (SSSR count). The standard InChI is InChI=1S/C14H21N5O/c1-9(2)6-12-17-13-11(14(20)18-12)8-16-19(13)10-4-3-5-15-7-10/h8-10,15H,3-7H2,1-2H3,(H,17,18,20). The average Bonchev–Trinajstić information content (AvgIpc) is 2.83. The zero-order chi connectivity index (χ0) is 14.1. The van der Waals surface area contributed by atoms with Crippen molar-refractivity contribution < 1.29 is 0 Å². The van der Waals surface area contributed by atoms with Gasteiger partial charge in [0, 0.05) is 13.0 Å². The molecule has 2 aromatic heterocycles. The summed E-state index contributed by atoms with van der Waals surface area (Å²) in [6.07, 6.45) is 4.63. The summed E-state index contributed by atoms with van der Waals surface area (Å²) in [6, 6.07) is 0.294. The van der Waals surface area contributed by atoms with E-state index in [4.69, 9.17) is 0 Å². The maximum Gasteiger partial charge on any atom is 0.262 e. The molecular formula is C14H21N5O. The SMILES string of the molecule is CC(C)Cc1nc2c(cnn2C2CCCNC2)c(=O)[nH]1. The van der Waals surface area contributed by atoms with Crippen molar-refractivity contribution in [3.63, 3.8) is 0 Å². The van der Waals surface area contributed by atoms with Gasteiger partial charge in [0.2, 0.25) is 0 Å². The smallest absolute Gasteiger partial charge is 0.262 e. The summed E-state index contributed by atoms with van der Waals surface area (Å²) in [5, 5.41) is 8.36. The monoisotopic (exact) mass is 275 g/mol. The van der Waals surface area contributed by atoms with Crippen molar-refractivity contribution in [2.75, 3.05) is 13.1 Å². The highest BCUT2D eigenvalue weighted by molar-refractivity contribution is 5.73. The number of fused-ring (bicyclic) bond motifs is 1. The number of nitrogens with zero attached hydrogens (tertiary/aromatic N) is 3. The van der Waals surface area contributed by atoms with Crippen LogP contribution in [0.15, 0.2) is 11.0 Å². The summed E-state index contributed by atoms with van der Waals surface area (Å²) in [6.45, 7) is 6.19. The van der Waals surface area contributed by atoms with Gasteiger partial charge in [-0.3, -0.25) is 4.79 Å². The molecular weight excluding hydrogens is 254 g/mol. The van der Waals surface area contributed by atoms with Crippen LogP contribution in [0.2, 0.25) is 0 Å². The number of hydrogen-bond donors (Lipinski definition) is 2. The Morgan fingerprint density at radius 1 is 1.50 bits per heavy atom. The van der Waals surface area contributed by atoms with Crippen LogP contribution in [0.1, 0.15) is 38.6 Å². The molecule has 1 aliphatic heterocycles. The van der Waals surface area contributed by atoms with E-state index in [0.29, 0.717) is 17.3 Å². The van der Waals surface area contributed by atoms with Gasteiger partial charge in [0.15, 0.2) is 5.65 Å². The van der Waals surface area contributed by atoms with Crippen LogP contribution in [0, 0.1) is 5.92 Å². The zero-order valence-electron chi connectivity index (χ0n) is 12.0. The number of nitrogens with one attached hydrogen (secondary N) is 2. The lowest BCUT2D eigenvalue weighted by atomic mass is 10.1. The summed E-state index contributed by atoms with van der Waals surface area (Å²) in [4.78, 5) is 19.6. The van der Waals surface area contributed by atoms with Gasteiger partial charge in [-0.05, 0) is 25.3 Å². The third-order valence-electron chi connectivity index (χ3n) is 3.73. The second-order valence-electron chi connectivity index (χ2n) is 5.94. The summed E-state index contributed by atoms with van der Waals surface area (Å²) < 4.78 is 1.92. The minimum absolute atomic E-state index is 0.0827. The minimum Gasteiger partial charge on any atom is -0.315 e. The van der Waals surface area contributed by atoms with E-state index in [-0.39, 0.29) is 5.56 Å². The summed E-state index contributed by atoms with van der Waals surface area (Å²) >= 11 is 0. The molecule has 1 aliphatic rings. The van der Waals surface area contributed by atoms with Crippen molar-refractivity contribution >= 4 is 11.0 Å². The Kier molecular flexibility index (Phi) is 3.56. The first-order valence-electron chi connectivity index (χ1n) is 7.32. The van der Waals surface area contributed by atoms with Gasteiger partial charge in [0.1, 0.15) is 11.2 Å². The molecule has 1 fully saturated rings. The van der Waals surface area contributed by atoms with E-state index in [9.17, 15) is 4.79 Å². The quantitative estimate of drug-likeness (QED) is 0.883. The lowest BCUT2D eigenvalue weighted by Crippen LogP contribution is -2.32. The fourth-order valence-corrected chi connectivity index (χ4v) is 2.77. The van der Waals surface area contributed by atoms with Crippen LogP contribution in [0.4, 0.5) is 0 Å². The van der Waals surface area contributed by atoms with Gasteiger partial charge in [0.05, 0.1) is 12.2 Å². The van der Waals surface area contributed by atoms with Gasteiger partial charge in [-0.1, -0.05) is 13.8 Å². The first-order valence-corrected chi connectivity index (χ1v) is 7.32. The molecule has 0 aliphatic carbocycles. The Bertz CT molecular complexity index is 651. The second kappa shape index (κ2) is 5.36. The third kappa shape index (κ3) is 2.47. The Balaban J connectivity index is 2.04. The molecule has 1 saturated heterocycles. The predicted octanol–water partition coefficient (Wildman–Crippen LogP) is 1.24. The Labute approximate surface area is 117 Å². The molecule has 6 nitrogen and oxygen atoms in total. The van der Waals surface area contributed by atoms with E-state index in [1.807, 2.05) is 4.68 Å². The van der Waals surface area contributed by atoms with Gasteiger partial charge in [-0.25, -0.2) is 9.67 Å².